The maximum absolute atomic E-state index is 12.8. The average molecular weight is 383 g/mol. The zero-order valence-corrected chi connectivity index (χ0v) is 16.2. The van der Waals surface area contributed by atoms with Gasteiger partial charge in [0.2, 0.25) is 0 Å². The predicted octanol–water partition coefficient (Wildman–Crippen LogP) is 1.10. The fraction of sp³-hybridized carbons (Fsp3) is 0.381. The number of rotatable bonds is 3. The summed E-state index contributed by atoms with van der Waals surface area (Å²) in [6, 6.07) is 12.1. The van der Waals surface area contributed by atoms with E-state index in [1.54, 1.807) is 53.2 Å². The van der Waals surface area contributed by atoms with E-state index in [0.717, 1.165) is 5.69 Å². The predicted molar refractivity (Wildman–Crippen MR) is 105 cm³/mol. The van der Waals surface area contributed by atoms with Crippen molar-refractivity contribution in [3.8, 4) is 0 Å². The number of carbonyl (C=O) groups excluding carboxylic acids is 2. The molecule has 0 saturated carbocycles. The number of carbonyl (C=O) groups is 2. The Morgan fingerprint density at radius 1 is 0.964 bits per heavy atom. The summed E-state index contributed by atoms with van der Waals surface area (Å²) in [7, 11) is 1.64. The second kappa shape index (κ2) is 8.39. The number of hydrogen-bond donors (Lipinski definition) is 1. The van der Waals surface area contributed by atoms with Crippen LogP contribution in [0, 0.1) is 6.92 Å². The Morgan fingerprint density at radius 3 is 2.32 bits per heavy atom. The van der Waals surface area contributed by atoms with Gasteiger partial charge in [0.1, 0.15) is 5.56 Å². The van der Waals surface area contributed by atoms with Crippen LogP contribution in [0.4, 0.5) is 0 Å². The number of nitrogens with zero attached hydrogens (tertiary/aromatic N) is 3. The summed E-state index contributed by atoms with van der Waals surface area (Å²) in [6.45, 7) is 3.37. The molecule has 1 atom stereocenters. The number of pyridine rings is 1. The van der Waals surface area contributed by atoms with Crippen LogP contribution in [0.1, 0.15) is 34.1 Å². The Bertz CT molecular complexity index is 923. The van der Waals surface area contributed by atoms with Gasteiger partial charge in [-0.15, -0.1) is 0 Å². The van der Waals surface area contributed by atoms with Crippen molar-refractivity contribution >= 4 is 11.8 Å². The molecule has 0 spiro atoms. The molecule has 28 heavy (non-hydrogen) atoms. The lowest BCUT2D eigenvalue weighted by molar-refractivity contribution is -0.140. The van der Waals surface area contributed by atoms with E-state index in [0.29, 0.717) is 38.2 Å². The van der Waals surface area contributed by atoms with Crippen molar-refractivity contribution in [2.75, 3.05) is 26.2 Å². The maximum atomic E-state index is 12.8. The first kappa shape index (κ1) is 19.8. The SMILES string of the molecule is Cc1ccc(C(=O)N2CCCN(C(=O)[C@@H](O)c3ccccc3)CC2)c(=O)n1C. The molecule has 1 aliphatic rings. The number of hydrogen-bond acceptors (Lipinski definition) is 4. The van der Waals surface area contributed by atoms with Crippen molar-refractivity contribution < 1.29 is 14.7 Å². The van der Waals surface area contributed by atoms with Gasteiger partial charge in [-0.2, -0.15) is 0 Å². The van der Waals surface area contributed by atoms with Gasteiger partial charge >= 0.3 is 0 Å². The van der Waals surface area contributed by atoms with Gasteiger partial charge in [0, 0.05) is 38.9 Å². The van der Waals surface area contributed by atoms with Crippen molar-refractivity contribution in [3.63, 3.8) is 0 Å². The van der Waals surface area contributed by atoms with Crippen LogP contribution < -0.4 is 5.56 Å². The molecule has 2 aromatic rings. The van der Waals surface area contributed by atoms with E-state index in [9.17, 15) is 19.5 Å². The number of aromatic nitrogens is 1. The third-order valence-corrected chi connectivity index (χ3v) is 5.23. The van der Waals surface area contributed by atoms with Gasteiger partial charge in [-0.1, -0.05) is 30.3 Å². The lowest BCUT2D eigenvalue weighted by atomic mass is 10.1. The highest BCUT2D eigenvalue weighted by molar-refractivity contribution is 5.94. The lowest BCUT2D eigenvalue weighted by Gasteiger charge is -2.24. The van der Waals surface area contributed by atoms with E-state index in [1.165, 1.54) is 4.57 Å². The molecule has 1 saturated heterocycles. The van der Waals surface area contributed by atoms with Gasteiger partial charge in [0.05, 0.1) is 0 Å². The van der Waals surface area contributed by atoms with E-state index in [2.05, 4.69) is 0 Å². The fourth-order valence-corrected chi connectivity index (χ4v) is 3.35. The molecule has 1 aliphatic heterocycles. The molecule has 7 heteroatoms. The van der Waals surface area contributed by atoms with Crippen LogP contribution in [0.25, 0.3) is 0 Å². The third kappa shape index (κ3) is 3.99. The minimum absolute atomic E-state index is 0.136. The van der Waals surface area contributed by atoms with Crippen molar-refractivity contribution in [2.45, 2.75) is 19.4 Å². The van der Waals surface area contributed by atoms with Crippen LogP contribution in [-0.2, 0) is 11.8 Å². The molecule has 0 aliphatic carbocycles. The molecule has 2 heterocycles. The average Bonchev–Trinajstić information content (AvgIpc) is 2.97. The quantitative estimate of drug-likeness (QED) is 0.861. The second-order valence-corrected chi connectivity index (χ2v) is 7.04. The summed E-state index contributed by atoms with van der Waals surface area (Å²) in [5.41, 5.74) is 1.15. The molecule has 1 fully saturated rings. The molecule has 7 nitrogen and oxygen atoms in total. The highest BCUT2D eigenvalue weighted by Crippen LogP contribution is 2.17. The Kier molecular flexibility index (Phi) is 5.94. The minimum atomic E-state index is -1.21. The summed E-state index contributed by atoms with van der Waals surface area (Å²) in [5, 5.41) is 10.4. The molecule has 1 N–H and O–H groups in total. The van der Waals surface area contributed by atoms with Crippen LogP contribution in [0.15, 0.2) is 47.3 Å². The number of aryl methyl sites for hydroxylation is 1. The molecule has 0 radical (unpaired) electrons. The van der Waals surface area contributed by atoms with Gasteiger partial charge in [-0.25, -0.2) is 0 Å². The summed E-state index contributed by atoms with van der Waals surface area (Å²) in [5.74, 6) is -0.690. The van der Waals surface area contributed by atoms with Crippen LogP contribution in [-0.4, -0.2) is 57.5 Å². The highest BCUT2D eigenvalue weighted by atomic mass is 16.3. The second-order valence-electron chi connectivity index (χ2n) is 7.04. The van der Waals surface area contributed by atoms with Crippen LogP contribution in [0.3, 0.4) is 0 Å². The smallest absolute Gasteiger partial charge is 0.263 e. The van der Waals surface area contributed by atoms with Gasteiger partial charge in [0.15, 0.2) is 6.10 Å². The largest absolute Gasteiger partial charge is 0.378 e. The molecule has 3 rings (SSSR count). The van der Waals surface area contributed by atoms with Crippen LogP contribution >= 0.6 is 0 Å². The molecule has 0 bridgehead atoms. The van der Waals surface area contributed by atoms with Crippen molar-refractivity contribution in [1.29, 1.82) is 0 Å². The summed E-state index contributed by atoms with van der Waals surface area (Å²) >= 11 is 0. The van der Waals surface area contributed by atoms with Gasteiger partial charge in [-0.05, 0) is 31.0 Å². The molecular weight excluding hydrogens is 358 g/mol. The Morgan fingerprint density at radius 2 is 1.61 bits per heavy atom. The molecule has 2 amide bonds. The van der Waals surface area contributed by atoms with Crippen molar-refractivity contribution in [3.05, 3.63) is 69.6 Å². The first-order valence-electron chi connectivity index (χ1n) is 9.38. The third-order valence-electron chi connectivity index (χ3n) is 5.23. The number of aliphatic hydroxyl groups excluding tert-OH is 1. The number of aliphatic hydroxyl groups is 1. The number of amides is 2. The molecule has 0 unspecified atom stereocenters. The Balaban J connectivity index is 1.70. The zero-order valence-electron chi connectivity index (χ0n) is 16.2. The van der Waals surface area contributed by atoms with E-state index < -0.39 is 6.10 Å². The number of benzene rings is 1. The topological polar surface area (TPSA) is 82.9 Å². The van der Waals surface area contributed by atoms with Gasteiger partial charge in [0.25, 0.3) is 17.4 Å². The Hall–Kier alpha value is -2.93. The lowest BCUT2D eigenvalue weighted by Crippen LogP contribution is -2.41. The normalized spacial score (nSPS) is 15.8. The van der Waals surface area contributed by atoms with Crippen molar-refractivity contribution in [1.82, 2.24) is 14.4 Å². The Labute approximate surface area is 163 Å². The van der Waals surface area contributed by atoms with Crippen LogP contribution in [0.2, 0.25) is 0 Å². The van der Waals surface area contributed by atoms with Crippen LogP contribution in [0.5, 0.6) is 0 Å². The zero-order chi connectivity index (χ0) is 20.3. The maximum Gasteiger partial charge on any atom is 0.263 e. The first-order chi connectivity index (χ1) is 13.4. The standard InChI is InChI=1S/C21H25N3O4/c1-15-9-10-17(19(26)22(15)2)20(27)23-11-6-12-24(14-13-23)21(28)18(25)16-7-4-3-5-8-16/h3-5,7-10,18,25H,6,11-14H2,1-2H3/t18-/m0/s1. The first-order valence-corrected chi connectivity index (χ1v) is 9.38. The van der Waals surface area contributed by atoms with Gasteiger partial charge in [-0.3, -0.25) is 14.4 Å². The van der Waals surface area contributed by atoms with E-state index in [1.807, 2.05) is 13.0 Å². The fourth-order valence-electron chi connectivity index (χ4n) is 3.35. The van der Waals surface area contributed by atoms with E-state index >= 15 is 0 Å². The highest BCUT2D eigenvalue weighted by Gasteiger charge is 2.28. The van der Waals surface area contributed by atoms with E-state index in [4.69, 9.17) is 0 Å². The summed E-state index contributed by atoms with van der Waals surface area (Å²) in [4.78, 5) is 41.1. The molecular formula is C21H25N3O4. The molecule has 1 aromatic carbocycles. The summed E-state index contributed by atoms with van der Waals surface area (Å²) < 4.78 is 1.46. The van der Waals surface area contributed by atoms with E-state index in [-0.39, 0.29) is 22.9 Å². The van der Waals surface area contributed by atoms with Crippen molar-refractivity contribution in [2.24, 2.45) is 7.05 Å². The van der Waals surface area contributed by atoms with Gasteiger partial charge < -0.3 is 19.5 Å². The molecule has 1 aromatic heterocycles. The minimum Gasteiger partial charge on any atom is -0.378 e. The summed E-state index contributed by atoms with van der Waals surface area (Å²) in [6.07, 6.45) is -0.627. The monoisotopic (exact) mass is 383 g/mol. The molecule has 148 valence electrons.